The Balaban J connectivity index is 2.25. The second kappa shape index (κ2) is 5.61. The van der Waals surface area contributed by atoms with E-state index in [1.807, 2.05) is 26.0 Å². The van der Waals surface area contributed by atoms with Gasteiger partial charge in [0.15, 0.2) is 0 Å². The third kappa shape index (κ3) is 3.16. The maximum Gasteiger partial charge on any atom is 0.243 e. The van der Waals surface area contributed by atoms with Gasteiger partial charge >= 0.3 is 0 Å². The van der Waals surface area contributed by atoms with Crippen molar-refractivity contribution in [1.29, 1.82) is 0 Å². The van der Waals surface area contributed by atoms with Crippen LogP contribution >= 0.6 is 0 Å². The van der Waals surface area contributed by atoms with Crippen LogP contribution in [0.15, 0.2) is 29.2 Å². The lowest BCUT2D eigenvalue weighted by molar-refractivity contribution is -0.0440. The van der Waals surface area contributed by atoms with Gasteiger partial charge in [0.2, 0.25) is 10.0 Å². The van der Waals surface area contributed by atoms with Crippen LogP contribution in [0.25, 0.3) is 0 Å². The van der Waals surface area contributed by atoms with Gasteiger partial charge in [0.05, 0.1) is 17.1 Å². The summed E-state index contributed by atoms with van der Waals surface area (Å²) < 4.78 is 32.2. The summed E-state index contributed by atoms with van der Waals surface area (Å²) in [4.78, 5) is 0.367. The summed E-state index contributed by atoms with van der Waals surface area (Å²) in [7, 11) is -3.40. The molecule has 5 heteroatoms. The summed E-state index contributed by atoms with van der Waals surface area (Å²) in [5.74, 6) is 0. The Morgan fingerprint density at radius 2 is 1.68 bits per heavy atom. The fourth-order valence-electron chi connectivity index (χ4n) is 2.37. The first kappa shape index (κ1) is 14.5. The molecule has 1 heterocycles. The number of nitrogens with zero attached hydrogens (tertiary/aromatic N) is 1. The van der Waals surface area contributed by atoms with E-state index in [0.717, 1.165) is 12.0 Å². The van der Waals surface area contributed by atoms with E-state index in [2.05, 4.69) is 6.92 Å². The Bertz CT molecular complexity index is 514. The topological polar surface area (TPSA) is 46.6 Å². The highest BCUT2D eigenvalue weighted by atomic mass is 32.2. The lowest BCUT2D eigenvalue weighted by Crippen LogP contribution is -2.48. The van der Waals surface area contributed by atoms with Crippen LogP contribution in [0.5, 0.6) is 0 Å². The van der Waals surface area contributed by atoms with Crippen molar-refractivity contribution in [2.75, 3.05) is 13.1 Å². The quantitative estimate of drug-likeness (QED) is 0.853. The van der Waals surface area contributed by atoms with Crippen LogP contribution < -0.4 is 0 Å². The molecule has 1 saturated heterocycles. The maximum atomic E-state index is 12.5. The number of ether oxygens (including phenoxy) is 1. The first-order valence-electron chi connectivity index (χ1n) is 6.68. The Morgan fingerprint density at radius 3 is 2.16 bits per heavy atom. The normalized spacial score (nSPS) is 25.4. The van der Waals surface area contributed by atoms with Crippen LogP contribution in [-0.2, 0) is 21.2 Å². The Morgan fingerprint density at radius 1 is 1.16 bits per heavy atom. The van der Waals surface area contributed by atoms with Gasteiger partial charge in [0, 0.05) is 13.1 Å². The van der Waals surface area contributed by atoms with Gasteiger partial charge in [0.1, 0.15) is 0 Å². The molecule has 0 bridgehead atoms. The zero-order valence-corrected chi connectivity index (χ0v) is 12.5. The zero-order valence-electron chi connectivity index (χ0n) is 11.7. The minimum atomic E-state index is -3.40. The third-order valence-electron chi connectivity index (χ3n) is 3.36. The average molecular weight is 283 g/mol. The molecular weight excluding hydrogens is 262 g/mol. The zero-order chi connectivity index (χ0) is 14.0. The fraction of sp³-hybridized carbons (Fsp3) is 0.571. The molecule has 0 amide bonds. The van der Waals surface area contributed by atoms with Crippen molar-refractivity contribution in [3.8, 4) is 0 Å². The molecule has 0 radical (unpaired) electrons. The van der Waals surface area contributed by atoms with Gasteiger partial charge in [-0.15, -0.1) is 0 Å². The molecular formula is C14H21NO3S. The summed E-state index contributed by atoms with van der Waals surface area (Å²) in [6.07, 6.45) is 0.785. The largest absolute Gasteiger partial charge is 0.373 e. The maximum absolute atomic E-state index is 12.5. The number of morpholine rings is 1. The number of hydrogen-bond acceptors (Lipinski definition) is 3. The first-order valence-corrected chi connectivity index (χ1v) is 8.12. The van der Waals surface area contributed by atoms with E-state index in [-0.39, 0.29) is 12.2 Å². The van der Waals surface area contributed by atoms with Crippen LogP contribution in [0, 0.1) is 0 Å². The summed E-state index contributed by atoms with van der Waals surface area (Å²) in [6, 6.07) is 7.14. The SMILES string of the molecule is CCc1ccc(S(=O)(=O)N2CC(C)OC(C)C2)cc1. The molecule has 1 aliphatic rings. The van der Waals surface area contributed by atoms with E-state index >= 15 is 0 Å². The van der Waals surface area contributed by atoms with Crippen LogP contribution in [0.3, 0.4) is 0 Å². The van der Waals surface area contributed by atoms with Gasteiger partial charge in [-0.05, 0) is 38.0 Å². The van der Waals surface area contributed by atoms with Gasteiger partial charge in [-0.3, -0.25) is 0 Å². The highest BCUT2D eigenvalue weighted by molar-refractivity contribution is 7.89. The van der Waals surface area contributed by atoms with Crippen molar-refractivity contribution in [2.24, 2.45) is 0 Å². The van der Waals surface area contributed by atoms with Crippen molar-refractivity contribution in [1.82, 2.24) is 4.31 Å². The molecule has 0 aromatic heterocycles. The molecule has 0 saturated carbocycles. The molecule has 0 N–H and O–H groups in total. The van der Waals surface area contributed by atoms with Gasteiger partial charge < -0.3 is 4.74 Å². The molecule has 1 aliphatic heterocycles. The van der Waals surface area contributed by atoms with E-state index in [4.69, 9.17) is 4.74 Å². The van der Waals surface area contributed by atoms with Crippen molar-refractivity contribution in [2.45, 2.75) is 44.3 Å². The fourth-order valence-corrected chi connectivity index (χ4v) is 3.96. The minimum Gasteiger partial charge on any atom is -0.373 e. The van der Waals surface area contributed by atoms with E-state index in [1.165, 1.54) is 4.31 Å². The predicted octanol–water partition coefficient (Wildman–Crippen LogP) is 2.05. The molecule has 0 aliphatic carbocycles. The van der Waals surface area contributed by atoms with Gasteiger partial charge in [-0.1, -0.05) is 19.1 Å². The van der Waals surface area contributed by atoms with Crippen LogP contribution in [0.2, 0.25) is 0 Å². The molecule has 2 unspecified atom stereocenters. The highest BCUT2D eigenvalue weighted by Gasteiger charge is 2.31. The van der Waals surface area contributed by atoms with Gasteiger partial charge in [0.25, 0.3) is 0 Å². The average Bonchev–Trinajstić information content (AvgIpc) is 2.37. The highest BCUT2D eigenvalue weighted by Crippen LogP contribution is 2.21. The Kier molecular flexibility index (Phi) is 4.28. The van der Waals surface area contributed by atoms with Crippen molar-refractivity contribution >= 4 is 10.0 Å². The molecule has 2 rings (SSSR count). The molecule has 1 fully saturated rings. The van der Waals surface area contributed by atoms with Crippen molar-refractivity contribution in [3.05, 3.63) is 29.8 Å². The Labute approximate surface area is 115 Å². The van der Waals surface area contributed by atoms with E-state index in [9.17, 15) is 8.42 Å². The number of sulfonamides is 1. The lowest BCUT2D eigenvalue weighted by Gasteiger charge is -2.34. The number of benzene rings is 1. The second-order valence-electron chi connectivity index (χ2n) is 5.08. The molecule has 1 aromatic rings. The van der Waals surface area contributed by atoms with Gasteiger partial charge in [-0.25, -0.2) is 8.42 Å². The lowest BCUT2D eigenvalue weighted by atomic mass is 10.2. The monoisotopic (exact) mass is 283 g/mol. The van der Waals surface area contributed by atoms with E-state index < -0.39 is 10.0 Å². The third-order valence-corrected chi connectivity index (χ3v) is 5.20. The molecule has 1 aromatic carbocycles. The first-order chi connectivity index (χ1) is 8.93. The van der Waals surface area contributed by atoms with Crippen LogP contribution in [0.1, 0.15) is 26.3 Å². The van der Waals surface area contributed by atoms with Crippen molar-refractivity contribution < 1.29 is 13.2 Å². The minimum absolute atomic E-state index is 0.0616. The molecule has 2 atom stereocenters. The summed E-state index contributed by atoms with van der Waals surface area (Å²) in [6.45, 7) is 6.69. The number of rotatable bonds is 3. The molecule has 19 heavy (non-hydrogen) atoms. The Hall–Kier alpha value is -0.910. The molecule has 106 valence electrons. The molecule has 4 nitrogen and oxygen atoms in total. The standard InChI is InChI=1S/C14H21NO3S/c1-4-13-5-7-14(8-6-13)19(16,17)15-9-11(2)18-12(3)10-15/h5-8,11-12H,4,9-10H2,1-3H3. The number of hydrogen-bond donors (Lipinski definition) is 0. The predicted molar refractivity (Wildman–Crippen MR) is 74.6 cm³/mol. The summed E-state index contributed by atoms with van der Waals surface area (Å²) in [5, 5.41) is 0. The summed E-state index contributed by atoms with van der Waals surface area (Å²) >= 11 is 0. The van der Waals surface area contributed by atoms with Gasteiger partial charge in [-0.2, -0.15) is 4.31 Å². The molecule has 0 spiro atoms. The second-order valence-corrected chi connectivity index (χ2v) is 7.01. The van der Waals surface area contributed by atoms with Crippen LogP contribution in [0.4, 0.5) is 0 Å². The van der Waals surface area contributed by atoms with E-state index in [1.54, 1.807) is 12.1 Å². The summed E-state index contributed by atoms with van der Waals surface area (Å²) in [5.41, 5.74) is 1.14. The number of aryl methyl sites for hydroxylation is 1. The smallest absolute Gasteiger partial charge is 0.243 e. The van der Waals surface area contributed by atoms with Crippen molar-refractivity contribution in [3.63, 3.8) is 0 Å². The van der Waals surface area contributed by atoms with E-state index in [0.29, 0.717) is 18.0 Å². The van der Waals surface area contributed by atoms with Crippen LogP contribution in [-0.4, -0.2) is 38.0 Å².